The maximum absolute atomic E-state index is 10.8. The van der Waals surface area contributed by atoms with Crippen molar-refractivity contribution in [1.82, 2.24) is 5.32 Å². The normalized spacial score (nSPS) is 12.4. The van der Waals surface area contributed by atoms with Gasteiger partial charge in [0.1, 0.15) is 0 Å². The number of halogens is 1. The summed E-state index contributed by atoms with van der Waals surface area (Å²) in [5, 5.41) is 12.1. The van der Waals surface area contributed by atoms with Crippen LogP contribution in [0.25, 0.3) is 0 Å². The van der Waals surface area contributed by atoms with Gasteiger partial charge < -0.3 is 15.2 Å². The van der Waals surface area contributed by atoms with Gasteiger partial charge in [0.15, 0.2) is 0 Å². The summed E-state index contributed by atoms with van der Waals surface area (Å²) in [4.78, 5) is 10.8. The zero-order valence-corrected chi connectivity index (χ0v) is 11.5. The van der Waals surface area contributed by atoms with Gasteiger partial charge in [-0.3, -0.25) is 0 Å². The van der Waals surface area contributed by atoms with Crippen molar-refractivity contribution < 1.29 is 14.6 Å². The van der Waals surface area contributed by atoms with E-state index in [2.05, 4.69) is 21.2 Å². The van der Waals surface area contributed by atoms with Crippen molar-refractivity contribution in [2.24, 2.45) is 0 Å². The molecule has 0 saturated heterocycles. The minimum atomic E-state index is -0.919. The van der Waals surface area contributed by atoms with E-state index in [4.69, 9.17) is 9.84 Å². The molecule has 0 fully saturated rings. The number of methoxy groups -OCH3 is 1. The third-order valence-corrected chi connectivity index (χ3v) is 3.10. The molecule has 0 aliphatic heterocycles. The molecule has 17 heavy (non-hydrogen) atoms. The van der Waals surface area contributed by atoms with E-state index in [1.54, 1.807) is 25.3 Å². The van der Waals surface area contributed by atoms with Crippen molar-refractivity contribution in [2.45, 2.75) is 19.5 Å². The first-order chi connectivity index (χ1) is 8.04. The number of carboxylic acids is 1. The Bertz CT molecular complexity index is 395. The number of carboxylic acid groups (broad SMARTS) is 1. The molecule has 0 heterocycles. The fraction of sp³-hybridized carbons (Fsp3) is 0.417. The maximum Gasteiger partial charge on any atom is 0.335 e. The Balaban J connectivity index is 2.63. The smallest absolute Gasteiger partial charge is 0.335 e. The molecule has 0 aromatic heterocycles. The lowest BCUT2D eigenvalue weighted by Crippen LogP contribution is -2.29. The van der Waals surface area contributed by atoms with Crippen molar-refractivity contribution in [2.75, 3.05) is 13.7 Å². The standard InChI is InChI=1S/C12H16BrNO3/c1-8(7-17-2)14-6-10-4-3-9(12(15)16)5-11(10)13/h3-5,8,14H,6-7H2,1-2H3,(H,15,16). The van der Waals surface area contributed by atoms with Crippen LogP contribution in [-0.4, -0.2) is 30.8 Å². The predicted octanol–water partition coefficient (Wildman–Crippen LogP) is 2.27. The molecule has 4 nitrogen and oxygen atoms in total. The largest absolute Gasteiger partial charge is 0.478 e. The molecule has 0 spiro atoms. The molecule has 1 unspecified atom stereocenters. The third kappa shape index (κ3) is 4.46. The van der Waals surface area contributed by atoms with Crippen LogP contribution >= 0.6 is 15.9 Å². The number of aromatic carboxylic acids is 1. The van der Waals surface area contributed by atoms with Gasteiger partial charge >= 0.3 is 5.97 Å². The summed E-state index contributed by atoms with van der Waals surface area (Å²) in [7, 11) is 1.66. The second-order valence-electron chi connectivity index (χ2n) is 3.85. The molecule has 0 amide bonds. The lowest BCUT2D eigenvalue weighted by Gasteiger charge is -2.13. The van der Waals surface area contributed by atoms with E-state index >= 15 is 0 Å². The first kappa shape index (κ1) is 14.2. The summed E-state index contributed by atoms with van der Waals surface area (Å²) in [6, 6.07) is 5.27. The van der Waals surface area contributed by atoms with Gasteiger partial charge in [0.05, 0.1) is 12.2 Å². The molecule has 5 heteroatoms. The minimum Gasteiger partial charge on any atom is -0.478 e. The Morgan fingerprint density at radius 2 is 2.29 bits per heavy atom. The molecule has 0 radical (unpaired) electrons. The van der Waals surface area contributed by atoms with Crippen LogP contribution in [0.1, 0.15) is 22.8 Å². The zero-order chi connectivity index (χ0) is 12.8. The number of hydrogen-bond donors (Lipinski definition) is 2. The molecule has 0 aliphatic carbocycles. The summed E-state index contributed by atoms with van der Waals surface area (Å²) in [6.07, 6.45) is 0. The quantitative estimate of drug-likeness (QED) is 0.846. The molecule has 2 N–H and O–H groups in total. The average Bonchev–Trinajstić information content (AvgIpc) is 2.27. The maximum atomic E-state index is 10.8. The van der Waals surface area contributed by atoms with Gasteiger partial charge in [-0.1, -0.05) is 22.0 Å². The Hall–Kier alpha value is -0.910. The van der Waals surface area contributed by atoms with E-state index in [0.29, 0.717) is 13.2 Å². The minimum absolute atomic E-state index is 0.256. The second kappa shape index (κ2) is 6.74. The summed E-state index contributed by atoms with van der Waals surface area (Å²) in [5.74, 6) is -0.919. The highest BCUT2D eigenvalue weighted by atomic mass is 79.9. The zero-order valence-electron chi connectivity index (χ0n) is 9.87. The first-order valence-corrected chi connectivity index (χ1v) is 6.08. The van der Waals surface area contributed by atoms with Gasteiger partial charge in [-0.05, 0) is 24.6 Å². The van der Waals surface area contributed by atoms with Crippen LogP contribution in [0.3, 0.4) is 0 Å². The monoisotopic (exact) mass is 301 g/mol. The fourth-order valence-electron chi connectivity index (χ4n) is 1.42. The molecule has 0 aliphatic rings. The average molecular weight is 302 g/mol. The molecule has 1 aromatic rings. The van der Waals surface area contributed by atoms with E-state index in [9.17, 15) is 4.79 Å². The van der Waals surface area contributed by atoms with Crippen molar-refractivity contribution >= 4 is 21.9 Å². The number of ether oxygens (including phenoxy) is 1. The van der Waals surface area contributed by atoms with Crippen molar-refractivity contribution in [3.8, 4) is 0 Å². The Morgan fingerprint density at radius 1 is 1.59 bits per heavy atom. The SMILES string of the molecule is COCC(C)NCc1ccc(C(=O)O)cc1Br. The number of hydrogen-bond acceptors (Lipinski definition) is 3. The molecule has 94 valence electrons. The highest BCUT2D eigenvalue weighted by molar-refractivity contribution is 9.10. The van der Waals surface area contributed by atoms with Crippen LogP contribution in [0.2, 0.25) is 0 Å². The molecular formula is C12H16BrNO3. The van der Waals surface area contributed by atoms with Gasteiger partial charge in [0.2, 0.25) is 0 Å². The van der Waals surface area contributed by atoms with Crippen molar-refractivity contribution in [1.29, 1.82) is 0 Å². The summed E-state index contributed by atoms with van der Waals surface area (Å²) < 4.78 is 5.82. The van der Waals surface area contributed by atoms with E-state index < -0.39 is 5.97 Å². The van der Waals surface area contributed by atoms with Gasteiger partial charge in [0.25, 0.3) is 0 Å². The van der Waals surface area contributed by atoms with Crippen LogP contribution < -0.4 is 5.32 Å². The fourth-order valence-corrected chi connectivity index (χ4v) is 1.94. The highest BCUT2D eigenvalue weighted by Crippen LogP contribution is 2.18. The predicted molar refractivity (Wildman–Crippen MR) is 69.3 cm³/mol. The number of carbonyl (C=O) groups is 1. The summed E-state index contributed by atoms with van der Waals surface area (Å²) in [5.41, 5.74) is 1.31. The van der Waals surface area contributed by atoms with Crippen LogP contribution in [0, 0.1) is 0 Å². The highest BCUT2D eigenvalue weighted by Gasteiger charge is 2.07. The Morgan fingerprint density at radius 3 is 2.82 bits per heavy atom. The molecule has 1 aromatic carbocycles. The van der Waals surface area contributed by atoms with Gasteiger partial charge in [0, 0.05) is 24.2 Å². The Kier molecular flexibility index (Phi) is 5.61. The molecular weight excluding hydrogens is 286 g/mol. The van der Waals surface area contributed by atoms with Crippen LogP contribution in [-0.2, 0) is 11.3 Å². The molecule has 1 rings (SSSR count). The Labute approximate surface area is 109 Å². The summed E-state index contributed by atoms with van der Waals surface area (Å²) >= 11 is 3.37. The van der Waals surface area contributed by atoms with E-state index in [0.717, 1.165) is 10.0 Å². The van der Waals surface area contributed by atoms with Crippen molar-refractivity contribution in [3.63, 3.8) is 0 Å². The summed E-state index contributed by atoms with van der Waals surface area (Å²) in [6.45, 7) is 3.35. The van der Waals surface area contributed by atoms with Crippen LogP contribution in [0.15, 0.2) is 22.7 Å². The van der Waals surface area contributed by atoms with E-state index in [-0.39, 0.29) is 11.6 Å². The second-order valence-corrected chi connectivity index (χ2v) is 4.70. The molecule has 0 bridgehead atoms. The van der Waals surface area contributed by atoms with E-state index in [1.165, 1.54) is 0 Å². The number of nitrogens with one attached hydrogen (secondary N) is 1. The van der Waals surface area contributed by atoms with Gasteiger partial charge in [-0.2, -0.15) is 0 Å². The topological polar surface area (TPSA) is 58.6 Å². The van der Waals surface area contributed by atoms with Crippen LogP contribution in [0.4, 0.5) is 0 Å². The number of rotatable bonds is 6. The molecule has 0 saturated carbocycles. The van der Waals surface area contributed by atoms with E-state index in [1.807, 2.05) is 6.92 Å². The first-order valence-electron chi connectivity index (χ1n) is 5.28. The van der Waals surface area contributed by atoms with Gasteiger partial charge in [-0.25, -0.2) is 4.79 Å². The number of benzene rings is 1. The lowest BCUT2D eigenvalue weighted by molar-refractivity contribution is 0.0697. The van der Waals surface area contributed by atoms with Gasteiger partial charge in [-0.15, -0.1) is 0 Å². The van der Waals surface area contributed by atoms with Crippen LogP contribution in [0.5, 0.6) is 0 Å². The molecule has 1 atom stereocenters. The third-order valence-electron chi connectivity index (χ3n) is 2.36. The van der Waals surface area contributed by atoms with Crippen molar-refractivity contribution in [3.05, 3.63) is 33.8 Å². The lowest BCUT2D eigenvalue weighted by atomic mass is 10.1.